The predicted molar refractivity (Wildman–Crippen MR) is 93.3 cm³/mol. The highest BCUT2D eigenvalue weighted by atomic mass is 16.5. The van der Waals surface area contributed by atoms with Crippen molar-refractivity contribution in [2.24, 2.45) is 34.5 Å². The predicted octanol–water partition coefficient (Wildman–Crippen LogP) is 2.79. The fraction of sp³-hybridized carbons (Fsp3) is 0.714. The van der Waals surface area contributed by atoms with Crippen molar-refractivity contribution in [3.8, 4) is 0 Å². The zero-order valence-electron chi connectivity index (χ0n) is 15.1. The molecule has 0 aromatic heterocycles. The van der Waals surface area contributed by atoms with Gasteiger partial charge < -0.3 is 10.2 Å². The molecule has 0 aromatic carbocycles. The van der Waals surface area contributed by atoms with E-state index in [9.17, 15) is 19.8 Å². The minimum absolute atomic E-state index is 0.0627. The van der Waals surface area contributed by atoms with Crippen molar-refractivity contribution < 1.29 is 19.8 Å². The van der Waals surface area contributed by atoms with Crippen LogP contribution >= 0.6 is 0 Å². The van der Waals surface area contributed by atoms with Gasteiger partial charge in [0.05, 0.1) is 0 Å². The van der Waals surface area contributed by atoms with E-state index in [1.807, 2.05) is 6.08 Å². The van der Waals surface area contributed by atoms with Gasteiger partial charge in [-0.05, 0) is 72.3 Å². The summed E-state index contributed by atoms with van der Waals surface area (Å²) in [6, 6.07) is 0. The summed E-state index contributed by atoms with van der Waals surface area (Å²) in [6.07, 6.45) is 9.69. The summed E-state index contributed by atoms with van der Waals surface area (Å²) in [7, 11) is 0. The zero-order chi connectivity index (χ0) is 18.0. The number of aliphatic hydroxyl groups excluding tert-OH is 1. The molecule has 2 fully saturated rings. The highest BCUT2D eigenvalue weighted by molar-refractivity contribution is 5.92. The molecule has 25 heavy (non-hydrogen) atoms. The van der Waals surface area contributed by atoms with E-state index in [1.54, 1.807) is 0 Å². The van der Waals surface area contributed by atoms with Crippen LogP contribution in [0.15, 0.2) is 23.8 Å². The van der Waals surface area contributed by atoms with Crippen LogP contribution in [-0.4, -0.2) is 28.1 Å². The Bertz CT molecular complexity index is 675. The molecule has 4 aliphatic rings. The second kappa shape index (κ2) is 5.62. The summed E-state index contributed by atoms with van der Waals surface area (Å²) in [4.78, 5) is 24.2. The molecule has 4 rings (SSSR count). The number of hydrogen-bond acceptors (Lipinski definition) is 4. The number of aliphatic hydroxyl groups is 2. The molecule has 0 amide bonds. The zero-order valence-corrected chi connectivity index (χ0v) is 15.1. The van der Waals surface area contributed by atoms with Crippen LogP contribution in [0.1, 0.15) is 52.4 Å². The molecule has 0 unspecified atom stereocenters. The van der Waals surface area contributed by atoms with Gasteiger partial charge in [-0.3, -0.25) is 9.59 Å². The summed E-state index contributed by atoms with van der Waals surface area (Å²) in [5.41, 5.74) is 1.10. The minimum Gasteiger partial charge on any atom is -0.362 e. The molecular weight excluding hydrogens is 316 g/mol. The van der Waals surface area contributed by atoms with Crippen molar-refractivity contribution in [3.63, 3.8) is 0 Å². The molecule has 4 heteroatoms. The average Bonchev–Trinajstić information content (AvgIpc) is 2.92. The molecule has 4 nitrogen and oxygen atoms in total. The number of Topliss-reactive ketones (excluding diaryl/α,β-unsaturated/α-hetero) is 1. The molecular formula is C21H28O4. The SMILES string of the molecule is C[C@]12CC[C@H]3[C@@H](C=CC4=CC(=O)CC[C@@]43C)[C@@H]1CC[C@@H]2C(=O)C(O)O. The van der Waals surface area contributed by atoms with Crippen molar-refractivity contribution >= 4 is 11.6 Å². The maximum Gasteiger partial charge on any atom is 0.213 e. The van der Waals surface area contributed by atoms with Gasteiger partial charge >= 0.3 is 0 Å². The molecule has 136 valence electrons. The second-order valence-corrected chi connectivity index (χ2v) is 9.08. The third-order valence-electron chi connectivity index (χ3n) is 8.11. The van der Waals surface area contributed by atoms with Crippen LogP contribution in [0.4, 0.5) is 0 Å². The molecule has 4 aliphatic carbocycles. The van der Waals surface area contributed by atoms with Crippen LogP contribution in [0, 0.1) is 34.5 Å². The van der Waals surface area contributed by atoms with Crippen LogP contribution < -0.4 is 0 Å². The Morgan fingerprint density at radius 3 is 2.64 bits per heavy atom. The molecule has 2 N–H and O–H groups in total. The Labute approximate surface area is 149 Å². The summed E-state index contributed by atoms with van der Waals surface area (Å²) in [5, 5.41) is 18.8. The van der Waals surface area contributed by atoms with E-state index < -0.39 is 12.1 Å². The third-order valence-corrected chi connectivity index (χ3v) is 8.11. The first-order chi connectivity index (χ1) is 11.8. The molecule has 0 aromatic rings. The quantitative estimate of drug-likeness (QED) is 0.756. The normalized spacial score (nSPS) is 45.6. The number of carbonyl (C=O) groups is 2. The Morgan fingerprint density at radius 2 is 1.92 bits per heavy atom. The lowest BCUT2D eigenvalue weighted by Gasteiger charge is -2.55. The maximum absolute atomic E-state index is 12.3. The van der Waals surface area contributed by atoms with Gasteiger partial charge in [0.15, 0.2) is 11.6 Å². The van der Waals surface area contributed by atoms with E-state index in [-0.39, 0.29) is 22.5 Å². The van der Waals surface area contributed by atoms with Crippen LogP contribution in [-0.2, 0) is 9.59 Å². The van der Waals surface area contributed by atoms with E-state index in [0.717, 1.165) is 32.1 Å². The topological polar surface area (TPSA) is 74.6 Å². The van der Waals surface area contributed by atoms with Crippen LogP contribution in [0.5, 0.6) is 0 Å². The number of ketones is 2. The Balaban J connectivity index is 1.68. The number of allylic oxidation sites excluding steroid dienone is 4. The summed E-state index contributed by atoms with van der Waals surface area (Å²) >= 11 is 0. The van der Waals surface area contributed by atoms with Crippen LogP contribution in [0.3, 0.4) is 0 Å². The number of fused-ring (bicyclic) bond motifs is 5. The van der Waals surface area contributed by atoms with Gasteiger partial charge in [0.2, 0.25) is 6.29 Å². The van der Waals surface area contributed by atoms with Gasteiger partial charge in [-0.15, -0.1) is 0 Å². The Morgan fingerprint density at radius 1 is 1.16 bits per heavy atom. The monoisotopic (exact) mass is 344 g/mol. The number of rotatable bonds is 2. The van der Waals surface area contributed by atoms with Crippen LogP contribution in [0.25, 0.3) is 0 Å². The van der Waals surface area contributed by atoms with Crippen molar-refractivity contribution in [3.05, 3.63) is 23.8 Å². The van der Waals surface area contributed by atoms with Gasteiger partial charge in [0.25, 0.3) is 0 Å². The first-order valence-electron chi connectivity index (χ1n) is 9.60. The minimum atomic E-state index is -1.85. The van der Waals surface area contributed by atoms with Crippen molar-refractivity contribution in [1.82, 2.24) is 0 Å². The van der Waals surface area contributed by atoms with E-state index in [0.29, 0.717) is 24.2 Å². The largest absolute Gasteiger partial charge is 0.362 e. The first kappa shape index (κ1) is 17.2. The van der Waals surface area contributed by atoms with Gasteiger partial charge in [0.1, 0.15) is 0 Å². The second-order valence-electron chi connectivity index (χ2n) is 9.08. The van der Waals surface area contributed by atoms with E-state index in [4.69, 9.17) is 0 Å². The van der Waals surface area contributed by atoms with Gasteiger partial charge in [-0.1, -0.05) is 26.0 Å². The summed E-state index contributed by atoms with van der Waals surface area (Å²) in [6.45, 7) is 4.49. The smallest absolute Gasteiger partial charge is 0.213 e. The molecule has 6 atom stereocenters. The molecule has 2 saturated carbocycles. The molecule has 0 saturated heterocycles. The highest BCUT2D eigenvalue weighted by Gasteiger charge is 2.59. The van der Waals surface area contributed by atoms with Crippen LogP contribution in [0.2, 0.25) is 0 Å². The van der Waals surface area contributed by atoms with Gasteiger partial charge in [-0.2, -0.15) is 0 Å². The lowest BCUT2D eigenvalue weighted by atomic mass is 9.48. The Hall–Kier alpha value is -1.26. The van der Waals surface area contributed by atoms with Crippen molar-refractivity contribution in [1.29, 1.82) is 0 Å². The van der Waals surface area contributed by atoms with Crippen molar-refractivity contribution in [2.75, 3.05) is 0 Å². The highest BCUT2D eigenvalue weighted by Crippen LogP contribution is 2.65. The van der Waals surface area contributed by atoms with E-state index in [2.05, 4.69) is 26.0 Å². The number of hydrogen-bond donors (Lipinski definition) is 2. The molecule has 0 spiro atoms. The average molecular weight is 344 g/mol. The fourth-order valence-electron chi connectivity index (χ4n) is 6.64. The Kier molecular flexibility index (Phi) is 3.86. The van der Waals surface area contributed by atoms with Crippen molar-refractivity contribution in [2.45, 2.75) is 58.7 Å². The lowest BCUT2D eigenvalue weighted by molar-refractivity contribution is -0.155. The molecule has 0 bridgehead atoms. The standard InChI is InChI=1S/C21H28O4/c1-20-9-7-13(22)11-12(20)3-4-14-15-5-6-17(18(23)19(24)25)21(15,2)10-8-16(14)20/h3-4,11,14-17,19,24-25H,5-10H2,1-2H3/t14-,15-,16-,17+,20-,21-/m0/s1. The number of carbonyl (C=O) groups excluding carboxylic acids is 2. The first-order valence-corrected chi connectivity index (χ1v) is 9.60. The molecule has 0 heterocycles. The van der Waals surface area contributed by atoms with Gasteiger partial charge in [-0.25, -0.2) is 0 Å². The maximum atomic E-state index is 12.3. The fourth-order valence-corrected chi connectivity index (χ4v) is 6.64. The molecule has 0 radical (unpaired) electrons. The summed E-state index contributed by atoms with van der Waals surface area (Å²) in [5.74, 6) is 0.930. The third kappa shape index (κ3) is 2.33. The van der Waals surface area contributed by atoms with E-state index >= 15 is 0 Å². The summed E-state index contributed by atoms with van der Waals surface area (Å²) < 4.78 is 0. The lowest BCUT2D eigenvalue weighted by Crippen LogP contribution is -2.50. The van der Waals surface area contributed by atoms with E-state index in [1.165, 1.54) is 5.57 Å². The molecule has 0 aliphatic heterocycles. The van der Waals surface area contributed by atoms with Gasteiger partial charge in [0, 0.05) is 12.3 Å².